The monoisotopic (exact) mass is 427 g/mol. The SMILES string of the molecule is NS(=O)(=O)c1ccc(-n2nc(C(F)(F)F)cc2C2C=CC3=C(C2)OCCO3)cc1. The first kappa shape index (κ1) is 19.5. The van der Waals surface area contributed by atoms with Gasteiger partial charge in [-0.25, -0.2) is 18.2 Å². The smallest absolute Gasteiger partial charge is 0.435 e. The van der Waals surface area contributed by atoms with Crippen LogP contribution in [0.15, 0.2) is 58.9 Å². The fourth-order valence-electron chi connectivity index (χ4n) is 3.23. The first-order chi connectivity index (χ1) is 13.6. The van der Waals surface area contributed by atoms with Gasteiger partial charge in [0.2, 0.25) is 10.0 Å². The van der Waals surface area contributed by atoms with Crippen LogP contribution < -0.4 is 5.14 Å². The van der Waals surface area contributed by atoms with Crippen LogP contribution in [0.4, 0.5) is 13.2 Å². The van der Waals surface area contributed by atoms with Gasteiger partial charge in [-0.2, -0.15) is 18.3 Å². The Morgan fingerprint density at radius 2 is 1.83 bits per heavy atom. The molecular weight excluding hydrogens is 411 g/mol. The van der Waals surface area contributed by atoms with Gasteiger partial charge in [-0.15, -0.1) is 0 Å². The molecule has 0 radical (unpaired) electrons. The number of benzene rings is 1. The van der Waals surface area contributed by atoms with Crippen LogP contribution in [0.5, 0.6) is 0 Å². The zero-order valence-electron chi connectivity index (χ0n) is 14.9. The van der Waals surface area contributed by atoms with Crippen molar-refractivity contribution in [2.75, 3.05) is 13.2 Å². The van der Waals surface area contributed by atoms with Crippen molar-refractivity contribution in [1.29, 1.82) is 0 Å². The van der Waals surface area contributed by atoms with Gasteiger partial charge < -0.3 is 9.47 Å². The standard InChI is InChI=1S/C18H16F3N3O4S/c19-18(20,21)17-10-14(11-1-6-15-16(9-11)28-8-7-27-15)24(23-17)12-2-4-13(5-3-12)29(22,25)26/h1-6,10-11H,7-9H2,(H2,22,25,26). The summed E-state index contributed by atoms with van der Waals surface area (Å²) >= 11 is 0. The summed E-state index contributed by atoms with van der Waals surface area (Å²) < 4.78 is 75.0. The molecule has 0 fully saturated rings. The second-order valence-corrected chi connectivity index (χ2v) is 8.12. The molecule has 1 atom stereocenters. The van der Waals surface area contributed by atoms with Gasteiger partial charge in [0.25, 0.3) is 0 Å². The van der Waals surface area contributed by atoms with Crippen molar-refractivity contribution in [3.05, 3.63) is 65.4 Å². The summed E-state index contributed by atoms with van der Waals surface area (Å²) in [7, 11) is -3.92. The maximum Gasteiger partial charge on any atom is 0.435 e. The van der Waals surface area contributed by atoms with Crippen LogP contribution in [0, 0.1) is 0 Å². The van der Waals surface area contributed by atoms with E-state index in [0.717, 1.165) is 10.7 Å². The highest BCUT2D eigenvalue weighted by atomic mass is 32.2. The molecular formula is C18H16F3N3O4S. The van der Waals surface area contributed by atoms with Gasteiger partial charge in [0.15, 0.2) is 11.5 Å². The van der Waals surface area contributed by atoms with E-state index in [4.69, 9.17) is 14.6 Å². The number of ether oxygens (including phenoxy) is 2. The van der Waals surface area contributed by atoms with E-state index in [9.17, 15) is 21.6 Å². The summed E-state index contributed by atoms with van der Waals surface area (Å²) in [5, 5.41) is 8.79. The highest BCUT2D eigenvalue weighted by Gasteiger charge is 2.36. The minimum absolute atomic E-state index is 0.147. The van der Waals surface area contributed by atoms with E-state index in [1.807, 2.05) is 0 Å². The molecule has 0 saturated heterocycles. The third-order valence-electron chi connectivity index (χ3n) is 4.59. The molecule has 1 aromatic heterocycles. The molecule has 11 heteroatoms. The largest absolute Gasteiger partial charge is 0.490 e. The quantitative estimate of drug-likeness (QED) is 0.813. The Balaban J connectivity index is 1.75. The lowest BCUT2D eigenvalue weighted by Crippen LogP contribution is -2.18. The van der Waals surface area contributed by atoms with E-state index in [1.165, 1.54) is 24.3 Å². The lowest BCUT2D eigenvalue weighted by Gasteiger charge is -2.26. The molecule has 1 aromatic carbocycles. The Morgan fingerprint density at radius 1 is 1.14 bits per heavy atom. The lowest BCUT2D eigenvalue weighted by atomic mass is 9.94. The molecule has 2 aromatic rings. The van der Waals surface area contributed by atoms with Crippen LogP contribution in [-0.2, 0) is 25.7 Å². The number of aromatic nitrogens is 2. The van der Waals surface area contributed by atoms with E-state index in [1.54, 1.807) is 12.2 Å². The van der Waals surface area contributed by atoms with Crippen LogP contribution in [0.25, 0.3) is 5.69 Å². The summed E-state index contributed by atoms with van der Waals surface area (Å²) in [6.07, 6.45) is -0.894. The molecule has 0 saturated carbocycles. The minimum Gasteiger partial charge on any atom is -0.490 e. The third-order valence-corrected chi connectivity index (χ3v) is 5.52. The van der Waals surface area contributed by atoms with Gasteiger partial charge in [-0.05, 0) is 36.4 Å². The molecule has 0 spiro atoms. The van der Waals surface area contributed by atoms with E-state index in [-0.39, 0.29) is 16.3 Å². The minimum atomic E-state index is -4.63. The average Bonchev–Trinajstić information content (AvgIpc) is 3.13. The predicted octanol–water partition coefficient (Wildman–Crippen LogP) is 2.84. The summed E-state index contributed by atoms with van der Waals surface area (Å²) in [6.45, 7) is 0.794. The number of hydrogen-bond acceptors (Lipinski definition) is 5. The molecule has 2 aliphatic rings. The number of rotatable bonds is 3. The molecule has 1 unspecified atom stereocenters. The first-order valence-corrected chi connectivity index (χ1v) is 10.1. The fourth-order valence-corrected chi connectivity index (χ4v) is 3.74. The van der Waals surface area contributed by atoms with Crippen molar-refractivity contribution in [1.82, 2.24) is 9.78 Å². The number of allylic oxidation sites excluding steroid dienone is 3. The maximum atomic E-state index is 13.3. The first-order valence-electron chi connectivity index (χ1n) is 8.60. The van der Waals surface area contributed by atoms with Crippen molar-refractivity contribution in [3.63, 3.8) is 0 Å². The average molecular weight is 427 g/mol. The molecule has 4 rings (SSSR count). The zero-order valence-corrected chi connectivity index (χ0v) is 15.7. The predicted molar refractivity (Wildman–Crippen MR) is 95.4 cm³/mol. The molecule has 29 heavy (non-hydrogen) atoms. The van der Waals surface area contributed by atoms with Crippen molar-refractivity contribution in [2.45, 2.75) is 23.4 Å². The Hall–Kier alpha value is -2.79. The second kappa shape index (κ2) is 6.92. The number of halogens is 3. The lowest BCUT2D eigenvalue weighted by molar-refractivity contribution is -0.141. The van der Waals surface area contributed by atoms with Crippen molar-refractivity contribution in [3.8, 4) is 5.69 Å². The van der Waals surface area contributed by atoms with Gasteiger partial charge >= 0.3 is 6.18 Å². The maximum absolute atomic E-state index is 13.3. The molecule has 7 nitrogen and oxygen atoms in total. The molecule has 1 aliphatic heterocycles. The highest BCUT2D eigenvalue weighted by Crippen LogP contribution is 2.37. The molecule has 2 heterocycles. The number of nitrogens with two attached hydrogens (primary N) is 1. The molecule has 2 N–H and O–H groups in total. The van der Waals surface area contributed by atoms with Crippen LogP contribution in [-0.4, -0.2) is 31.4 Å². The normalized spacial score (nSPS) is 19.5. The van der Waals surface area contributed by atoms with Crippen molar-refractivity contribution >= 4 is 10.0 Å². The second-order valence-electron chi connectivity index (χ2n) is 6.56. The van der Waals surface area contributed by atoms with E-state index < -0.39 is 27.8 Å². The van der Waals surface area contributed by atoms with E-state index >= 15 is 0 Å². The number of alkyl halides is 3. The van der Waals surface area contributed by atoms with Crippen molar-refractivity contribution < 1.29 is 31.1 Å². The number of sulfonamides is 1. The van der Waals surface area contributed by atoms with Gasteiger partial charge in [-0.3, -0.25) is 0 Å². The van der Waals surface area contributed by atoms with Gasteiger partial charge in [0, 0.05) is 12.3 Å². The number of primary sulfonamides is 1. The third kappa shape index (κ3) is 3.87. The van der Waals surface area contributed by atoms with Crippen molar-refractivity contribution in [2.24, 2.45) is 5.14 Å². The number of hydrogen-bond donors (Lipinski definition) is 1. The fraction of sp³-hybridized carbons (Fsp3) is 0.278. The zero-order chi connectivity index (χ0) is 20.8. The van der Waals surface area contributed by atoms with Crippen LogP contribution >= 0.6 is 0 Å². The molecule has 154 valence electrons. The Bertz CT molecular complexity index is 1100. The molecule has 1 aliphatic carbocycles. The summed E-state index contributed by atoms with van der Waals surface area (Å²) in [6, 6.07) is 6.14. The Kier molecular flexibility index (Phi) is 4.66. The van der Waals surface area contributed by atoms with E-state index in [0.29, 0.717) is 31.2 Å². The molecule has 0 amide bonds. The molecule has 0 bridgehead atoms. The topological polar surface area (TPSA) is 96.4 Å². The summed E-state index contributed by atoms with van der Waals surface area (Å²) in [4.78, 5) is -0.147. The number of nitrogens with zero attached hydrogens (tertiary/aromatic N) is 2. The van der Waals surface area contributed by atoms with E-state index in [2.05, 4.69) is 5.10 Å². The van der Waals surface area contributed by atoms with Crippen LogP contribution in [0.1, 0.15) is 23.7 Å². The summed E-state index contributed by atoms with van der Waals surface area (Å²) in [5.74, 6) is 0.721. The van der Waals surface area contributed by atoms with Crippen LogP contribution in [0.2, 0.25) is 0 Å². The Morgan fingerprint density at radius 3 is 2.48 bits per heavy atom. The van der Waals surface area contributed by atoms with Gasteiger partial charge in [0.05, 0.1) is 16.3 Å². The van der Waals surface area contributed by atoms with Crippen LogP contribution in [0.3, 0.4) is 0 Å². The highest BCUT2D eigenvalue weighted by molar-refractivity contribution is 7.89. The Labute approximate surface area is 164 Å². The van der Waals surface area contributed by atoms with Gasteiger partial charge in [-0.1, -0.05) is 6.08 Å². The van der Waals surface area contributed by atoms with Gasteiger partial charge in [0.1, 0.15) is 19.0 Å². The summed E-state index contributed by atoms with van der Waals surface area (Å²) in [5.41, 5.74) is -0.480.